The lowest BCUT2D eigenvalue weighted by atomic mass is 10.1. The average Bonchev–Trinajstić information content (AvgIpc) is 2.77. The second kappa shape index (κ2) is 7.17. The first-order valence-electron chi connectivity index (χ1n) is 6.66. The van der Waals surface area contributed by atoms with Crippen LogP contribution in [0.5, 0.6) is 0 Å². The van der Waals surface area contributed by atoms with Crippen LogP contribution in [-0.2, 0) is 19.0 Å². The third kappa shape index (κ3) is 3.94. The molecule has 0 bridgehead atoms. The molecule has 4 atom stereocenters. The second-order valence-electron chi connectivity index (χ2n) is 5.07. The zero-order valence-corrected chi connectivity index (χ0v) is 14.0. The van der Waals surface area contributed by atoms with Crippen molar-refractivity contribution in [1.82, 2.24) is 9.55 Å². The van der Waals surface area contributed by atoms with Crippen LogP contribution >= 0.6 is 11.6 Å². The van der Waals surface area contributed by atoms with Gasteiger partial charge in [0.05, 0.1) is 12.9 Å². The van der Waals surface area contributed by atoms with Crippen molar-refractivity contribution in [3.05, 3.63) is 27.8 Å². The van der Waals surface area contributed by atoms with Gasteiger partial charge in [0.25, 0.3) is 10.1 Å². The smallest absolute Gasteiger partial charge is 0.351 e. The molecule has 1 aliphatic rings. The van der Waals surface area contributed by atoms with E-state index in [4.69, 9.17) is 26.3 Å². The van der Waals surface area contributed by atoms with Crippen LogP contribution < -0.4 is 11.4 Å². The molecule has 1 aliphatic heterocycles. The Hall–Kier alpha value is -1.50. The predicted molar refractivity (Wildman–Crippen MR) is 84.5 cm³/mol. The summed E-state index contributed by atoms with van der Waals surface area (Å²) in [5.41, 5.74) is 6.20. The van der Waals surface area contributed by atoms with Crippen molar-refractivity contribution < 1.29 is 27.6 Å². The molecule has 0 unspecified atom stereocenters. The zero-order chi connectivity index (χ0) is 18.1. The molecule has 24 heavy (non-hydrogen) atoms. The van der Waals surface area contributed by atoms with E-state index in [9.17, 15) is 23.4 Å². The summed E-state index contributed by atoms with van der Waals surface area (Å²) in [5.74, 6) is -0.0803. The number of nitrogens with two attached hydrogens (primary N) is 1. The van der Waals surface area contributed by atoms with Crippen LogP contribution in [0.25, 0.3) is 6.08 Å². The monoisotopic (exact) mass is 381 g/mol. The molecule has 1 fully saturated rings. The maximum Gasteiger partial charge on any atom is 0.351 e. The van der Waals surface area contributed by atoms with E-state index in [1.807, 2.05) is 0 Å². The zero-order valence-electron chi connectivity index (χ0n) is 12.4. The summed E-state index contributed by atoms with van der Waals surface area (Å²) < 4.78 is 33.6. The highest BCUT2D eigenvalue weighted by Gasteiger charge is 2.47. The van der Waals surface area contributed by atoms with Crippen molar-refractivity contribution in [3.63, 3.8) is 0 Å². The average molecular weight is 382 g/mol. The summed E-state index contributed by atoms with van der Waals surface area (Å²) in [6, 6.07) is 0. The van der Waals surface area contributed by atoms with Gasteiger partial charge in [-0.05, 0) is 6.08 Å². The Kier molecular flexibility index (Phi) is 5.63. The first-order valence-corrected chi connectivity index (χ1v) is 8.91. The predicted octanol–water partition coefficient (Wildman–Crippen LogP) is -1.37. The first kappa shape index (κ1) is 18.8. The van der Waals surface area contributed by atoms with Gasteiger partial charge in [-0.25, -0.2) is 4.79 Å². The van der Waals surface area contributed by atoms with Crippen molar-refractivity contribution in [1.29, 1.82) is 0 Å². The van der Waals surface area contributed by atoms with Gasteiger partial charge in [0.1, 0.15) is 24.1 Å². The van der Waals surface area contributed by atoms with Crippen molar-refractivity contribution in [2.45, 2.75) is 24.5 Å². The van der Waals surface area contributed by atoms with E-state index >= 15 is 0 Å². The molecule has 134 valence electrons. The van der Waals surface area contributed by atoms with E-state index in [1.165, 1.54) is 12.3 Å². The molecule has 0 spiro atoms. The fraction of sp³-hybridized carbons (Fsp3) is 0.500. The van der Waals surface area contributed by atoms with Crippen LogP contribution in [0.2, 0.25) is 0 Å². The van der Waals surface area contributed by atoms with E-state index < -0.39 is 47.0 Å². The molecule has 1 saturated heterocycles. The fourth-order valence-electron chi connectivity index (χ4n) is 2.29. The molecule has 0 saturated carbocycles. The van der Waals surface area contributed by atoms with Gasteiger partial charge in [0.15, 0.2) is 6.23 Å². The largest absolute Gasteiger partial charge is 0.394 e. The summed E-state index contributed by atoms with van der Waals surface area (Å²) in [6.45, 7) is -0.626. The van der Waals surface area contributed by atoms with Gasteiger partial charge in [-0.2, -0.15) is 13.4 Å². The van der Waals surface area contributed by atoms with Crippen molar-refractivity contribution in [2.24, 2.45) is 0 Å². The highest BCUT2D eigenvalue weighted by atomic mass is 35.5. The summed E-state index contributed by atoms with van der Waals surface area (Å²) in [4.78, 5) is 15.6. The number of ether oxygens (including phenoxy) is 1. The third-order valence-electron chi connectivity index (χ3n) is 3.30. The fourth-order valence-corrected chi connectivity index (χ4v) is 3.07. The Labute approximate surface area is 142 Å². The summed E-state index contributed by atoms with van der Waals surface area (Å²) >= 11 is 5.48. The molecule has 2 rings (SSSR count). The van der Waals surface area contributed by atoms with Crippen molar-refractivity contribution in [2.75, 3.05) is 18.6 Å². The Morgan fingerprint density at radius 2 is 2.25 bits per heavy atom. The molecule has 1 aromatic rings. The number of nitrogen functional groups attached to an aromatic ring is 1. The van der Waals surface area contributed by atoms with Gasteiger partial charge < -0.3 is 20.7 Å². The lowest BCUT2D eigenvalue weighted by Gasteiger charge is -2.19. The molecular weight excluding hydrogens is 366 g/mol. The van der Waals surface area contributed by atoms with Crippen LogP contribution in [0.1, 0.15) is 11.8 Å². The van der Waals surface area contributed by atoms with Crippen LogP contribution in [0.3, 0.4) is 0 Å². The lowest BCUT2D eigenvalue weighted by Crippen LogP contribution is -2.39. The highest BCUT2D eigenvalue weighted by molar-refractivity contribution is 7.86. The summed E-state index contributed by atoms with van der Waals surface area (Å²) in [6.07, 6.45) is -2.00. The maximum atomic E-state index is 12.0. The van der Waals surface area contributed by atoms with Gasteiger partial charge in [-0.3, -0.25) is 8.75 Å². The number of hydrogen-bond donors (Lipinski definition) is 3. The van der Waals surface area contributed by atoms with E-state index in [1.54, 1.807) is 0 Å². The molecule has 10 nitrogen and oxygen atoms in total. The van der Waals surface area contributed by atoms with Gasteiger partial charge in [0.2, 0.25) is 0 Å². The number of rotatable bonds is 5. The molecule has 0 amide bonds. The van der Waals surface area contributed by atoms with E-state index in [0.717, 1.165) is 16.4 Å². The number of aliphatic hydroxyl groups excluding tert-OH is 2. The number of anilines is 1. The standard InChI is InChI=1S/C12H16ClN3O7S/c1-24(20,21)23-9-7(5-17)22-11(8(9)18)16-4-6(2-3-13)10(14)15-12(16)19/h2-4,7-9,11,17-18H,5H2,1H3,(H2,14,15,19)/b3-2+/t7-,8-,9+,11-/m1/s1. The molecule has 1 aromatic heterocycles. The van der Waals surface area contributed by atoms with Crippen molar-refractivity contribution >= 4 is 33.6 Å². The number of halogens is 1. The van der Waals surface area contributed by atoms with Crippen LogP contribution in [0.15, 0.2) is 16.5 Å². The Bertz CT molecular complexity index is 794. The van der Waals surface area contributed by atoms with Gasteiger partial charge in [-0.1, -0.05) is 11.6 Å². The van der Waals surface area contributed by atoms with Crippen LogP contribution in [0.4, 0.5) is 5.82 Å². The number of aliphatic hydroxyl groups is 2. The third-order valence-corrected chi connectivity index (χ3v) is 4.00. The second-order valence-corrected chi connectivity index (χ2v) is 6.92. The Balaban J connectivity index is 2.42. The normalized spacial score (nSPS) is 27.8. The minimum absolute atomic E-state index is 0.0803. The topological polar surface area (TPSA) is 154 Å². The Morgan fingerprint density at radius 1 is 1.58 bits per heavy atom. The van der Waals surface area contributed by atoms with E-state index in [2.05, 4.69) is 4.98 Å². The first-order chi connectivity index (χ1) is 11.2. The maximum absolute atomic E-state index is 12.0. The van der Waals surface area contributed by atoms with Gasteiger partial charge in [-0.15, -0.1) is 0 Å². The number of aromatic nitrogens is 2. The molecule has 4 N–H and O–H groups in total. The van der Waals surface area contributed by atoms with E-state index in [0.29, 0.717) is 0 Å². The van der Waals surface area contributed by atoms with Crippen molar-refractivity contribution in [3.8, 4) is 0 Å². The van der Waals surface area contributed by atoms with Gasteiger partial charge >= 0.3 is 5.69 Å². The summed E-state index contributed by atoms with van der Waals surface area (Å²) in [7, 11) is -3.93. The molecule has 2 heterocycles. The molecular formula is C12H16ClN3O7S. The molecule has 0 aromatic carbocycles. The molecule has 0 aliphatic carbocycles. The minimum Gasteiger partial charge on any atom is -0.394 e. The summed E-state index contributed by atoms with van der Waals surface area (Å²) in [5, 5.41) is 19.6. The van der Waals surface area contributed by atoms with Crippen LogP contribution in [0, 0.1) is 0 Å². The lowest BCUT2D eigenvalue weighted by molar-refractivity contribution is -0.0542. The molecule has 0 radical (unpaired) electrons. The quantitative estimate of drug-likeness (QED) is 0.524. The SMILES string of the molecule is CS(=O)(=O)O[C@@H]1[C@@H](O)[C@H](n2cc(/C=C/Cl)c(N)nc2=O)O[C@@H]1CO. The number of nitrogens with zero attached hydrogens (tertiary/aromatic N) is 2. The number of hydrogen-bond acceptors (Lipinski definition) is 9. The minimum atomic E-state index is -3.93. The Morgan fingerprint density at radius 3 is 2.79 bits per heavy atom. The van der Waals surface area contributed by atoms with E-state index in [-0.39, 0.29) is 11.4 Å². The van der Waals surface area contributed by atoms with Gasteiger partial charge in [0, 0.05) is 17.3 Å². The highest BCUT2D eigenvalue weighted by Crippen LogP contribution is 2.31. The van der Waals surface area contributed by atoms with Crippen LogP contribution in [-0.4, -0.2) is 59.4 Å². The molecule has 12 heteroatoms.